The van der Waals surface area contributed by atoms with Gasteiger partial charge in [0.15, 0.2) is 0 Å². The fourth-order valence-electron chi connectivity index (χ4n) is 2.17. The highest BCUT2D eigenvalue weighted by Crippen LogP contribution is 2.33. The zero-order valence-corrected chi connectivity index (χ0v) is 11.5. The molecular formula is C14H30. The molecule has 0 saturated heterocycles. The van der Waals surface area contributed by atoms with Gasteiger partial charge in [0, 0.05) is 0 Å². The van der Waals surface area contributed by atoms with Gasteiger partial charge in [-0.1, -0.05) is 55.4 Å². The van der Waals surface area contributed by atoms with E-state index in [2.05, 4.69) is 55.4 Å². The average Bonchev–Trinajstić information content (AvgIpc) is 2.12. The van der Waals surface area contributed by atoms with Crippen LogP contribution in [0.25, 0.3) is 0 Å². The summed E-state index contributed by atoms with van der Waals surface area (Å²) in [6.07, 6.45) is 0. The van der Waals surface area contributed by atoms with E-state index in [0.717, 1.165) is 35.5 Å². The number of hydrogen-bond donors (Lipinski definition) is 0. The molecule has 0 aliphatic rings. The highest BCUT2D eigenvalue weighted by Gasteiger charge is 2.26. The van der Waals surface area contributed by atoms with Crippen molar-refractivity contribution in [1.29, 1.82) is 0 Å². The van der Waals surface area contributed by atoms with Crippen molar-refractivity contribution in [2.24, 2.45) is 35.5 Å². The first-order valence-corrected chi connectivity index (χ1v) is 6.29. The maximum atomic E-state index is 2.42. The summed E-state index contributed by atoms with van der Waals surface area (Å²) in [5, 5.41) is 0. The van der Waals surface area contributed by atoms with Gasteiger partial charge < -0.3 is 0 Å². The Bertz CT molecular complexity index is 128. The van der Waals surface area contributed by atoms with E-state index >= 15 is 0 Å². The largest absolute Gasteiger partial charge is 0.0625 e. The highest BCUT2D eigenvalue weighted by molar-refractivity contribution is 4.75. The molecule has 0 radical (unpaired) electrons. The molecule has 4 atom stereocenters. The van der Waals surface area contributed by atoms with Crippen molar-refractivity contribution in [2.75, 3.05) is 0 Å². The maximum Gasteiger partial charge on any atom is -0.0386 e. The summed E-state index contributed by atoms with van der Waals surface area (Å²) in [5.41, 5.74) is 0. The van der Waals surface area contributed by atoms with E-state index in [1.807, 2.05) is 0 Å². The molecule has 0 bridgehead atoms. The molecule has 14 heavy (non-hydrogen) atoms. The van der Waals surface area contributed by atoms with E-state index in [1.165, 1.54) is 0 Å². The third-order valence-corrected chi connectivity index (χ3v) is 4.59. The zero-order chi connectivity index (χ0) is 11.5. The SMILES string of the molecule is CC(C)[C@@H](C)[C@@H](C)[C@H](C)[C@@H](C)C(C)C. The van der Waals surface area contributed by atoms with Gasteiger partial charge in [0.05, 0.1) is 0 Å². The molecule has 0 heteroatoms. The van der Waals surface area contributed by atoms with Crippen molar-refractivity contribution >= 4 is 0 Å². The molecule has 0 spiro atoms. The molecule has 0 aromatic heterocycles. The molecule has 0 saturated carbocycles. The second kappa shape index (κ2) is 5.78. The van der Waals surface area contributed by atoms with Gasteiger partial charge >= 0.3 is 0 Å². The summed E-state index contributed by atoms with van der Waals surface area (Å²) in [7, 11) is 0. The predicted molar refractivity (Wildman–Crippen MR) is 66.3 cm³/mol. The van der Waals surface area contributed by atoms with E-state index < -0.39 is 0 Å². The minimum Gasteiger partial charge on any atom is -0.0625 e. The fraction of sp³-hybridized carbons (Fsp3) is 1.00. The molecular weight excluding hydrogens is 168 g/mol. The van der Waals surface area contributed by atoms with E-state index in [4.69, 9.17) is 0 Å². The molecule has 0 amide bonds. The molecule has 0 aromatic rings. The quantitative estimate of drug-likeness (QED) is 0.593. The Kier molecular flexibility index (Phi) is 5.78. The van der Waals surface area contributed by atoms with Crippen LogP contribution in [-0.2, 0) is 0 Å². The minimum atomic E-state index is 0.812. The summed E-state index contributed by atoms with van der Waals surface area (Å²) in [6.45, 7) is 19.0. The molecule has 0 rings (SSSR count). The molecule has 0 aliphatic carbocycles. The predicted octanol–water partition coefficient (Wildman–Crippen LogP) is 4.84. The summed E-state index contributed by atoms with van der Waals surface area (Å²) in [6, 6.07) is 0. The Morgan fingerprint density at radius 2 is 0.571 bits per heavy atom. The van der Waals surface area contributed by atoms with Crippen LogP contribution in [-0.4, -0.2) is 0 Å². The lowest BCUT2D eigenvalue weighted by Gasteiger charge is -2.34. The third-order valence-electron chi connectivity index (χ3n) is 4.59. The monoisotopic (exact) mass is 198 g/mol. The summed E-state index contributed by atoms with van der Waals surface area (Å²) >= 11 is 0. The zero-order valence-electron chi connectivity index (χ0n) is 11.5. The average molecular weight is 198 g/mol. The first-order valence-electron chi connectivity index (χ1n) is 6.29. The van der Waals surface area contributed by atoms with Gasteiger partial charge in [-0.05, 0) is 35.5 Å². The van der Waals surface area contributed by atoms with Crippen molar-refractivity contribution < 1.29 is 0 Å². The van der Waals surface area contributed by atoms with Crippen LogP contribution in [0.3, 0.4) is 0 Å². The fourth-order valence-corrected chi connectivity index (χ4v) is 2.17. The van der Waals surface area contributed by atoms with Crippen molar-refractivity contribution in [3.63, 3.8) is 0 Å². The van der Waals surface area contributed by atoms with Crippen LogP contribution in [0.4, 0.5) is 0 Å². The molecule has 0 nitrogen and oxygen atoms in total. The van der Waals surface area contributed by atoms with Crippen LogP contribution >= 0.6 is 0 Å². The maximum absolute atomic E-state index is 2.42. The van der Waals surface area contributed by atoms with Gasteiger partial charge in [0.25, 0.3) is 0 Å². The highest BCUT2D eigenvalue weighted by atomic mass is 14.3. The number of rotatable bonds is 5. The Hall–Kier alpha value is 0. The first-order chi connectivity index (χ1) is 6.29. The van der Waals surface area contributed by atoms with Crippen LogP contribution < -0.4 is 0 Å². The molecule has 0 heterocycles. The standard InChI is InChI=1S/C14H30/c1-9(2)11(5)13(7)14(8)12(6)10(3)4/h9-14H,1-8H3/t11-,12+,13-,14-/m1/s1. The third kappa shape index (κ3) is 3.63. The molecule has 0 N–H and O–H groups in total. The first kappa shape index (κ1) is 14.0. The minimum absolute atomic E-state index is 0.812. The topological polar surface area (TPSA) is 0 Å². The smallest absolute Gasteiger partial charge is 0.0386 e. The molecule has 0 aromatic carbocycles. The Balaban J connectivity index is 4.30. The van der Waals surface area contributed by atoms with Crippen LogP contribution in [0.5, 0.6) is 0 Å². The van der Waals surface area contributed by atoms with Crippen LogP contribution in [0.1, 0.15) is 55.4 Å². The van der Waals surface area contributed by atoms with Gasteiger partial charge in [0.2, 0.25) is 0 Å². The van der Waals surface area contributed by atoms with Crippen LogP contribution in [0.2, 0.25) is 0 Å². The molecule has 0 fully saturated rings. The van der Waals surface area contributed by atoms with Gasteiger partial charge in [-0.2, -0.15) is 0 Å². The lowest BCUT2D eigenvalue weighted by Crippen LogP contribution is -2.27. The Labute approximate surface area is 91.5 Å². The van der Waals surface area contributed by atoms with E-state index in [1.54, 1.807) is 0 Å². The van der Waals surface area contributed by atoms with Crippen molar-refractivity contribution in [1.82, 2.24) is 0 Å². The summed E-state index contributed by atoms with van der Waals surface area (Å²) < 4.78 is 0. The lowest BCUT2D eigenvalue weighted by atomic mass is 9.72. The second-order valence-corrected chi connectivity index (χ2v) is 5.92. The summed E-state index contributed by atoms with van der Waals surface area (Å²) in [5.74, 6) is 4.98. The van der Waals surface area contributed by atoms with Gasteiger partial charge in [-0.25, -0.2) is 0 Å². The molecule has 86 valence electrons. The summed E-state index contributed by atoms with van der Waals surface area (Å²) in [4.78, 5) is 0. The van der Waals surface area contributed by atoms with E-state index in [9.17, 15) is 0 Å². The second-order valence-electron chi connectivity index (χ2n) is 5.92. The lowest BCUT2D eigenvalue weighted by molar-refractivity contribution is 0.150. The molecule has 0 unspecified atom stereocenters. The van der Waals surface area contributed by atoms with Gasteiger partial charge in [-0.3, -0.25) is 0 Å². The Morgan fingerprint density at radius 3 is 0.714 bits per heavy atom. The van der Waals surface area contributed by atoms with Gasteiger partial charge in [0.1, 0.15) is 0 Å². The molecule has 0 aliphatic heterocycles. The van der Waals surface area contributed by atoms with Crippen molar-refractivity contribution in [3.8, 4) is 0 Å². The van der Waals surface area contributed by atoms with Gasteiger partial charge in [-0.15, -0.1) is 0 Å². The van der Waals surface area contributed by atoms with E-state index in [0.29, 0.717) is 0 Å². The van der Waals surface area contributed by atoms with Crippen molar-refractivity contribution in [3.05, 3.63) is 0 Å². The number of hydrogen-bond acceptors (Lipinski definition) is 0. The van der Waals surface area contributed by atoms with E-state index in [-0.39, 0.29) is 0 Å². The van der Waals surface area contributed by atoms with Crippen LogP contribution in [0, 0.1) is 35.5 Å². The van der Waals surface area contributed by atoms with Crippen molar-refractivity contribution in [2.45, 2.75) is 55.4 Å². The Morgan fingerprint density at radius 1 is 0.357 bits per heavy atom. The normalized spacial score (nSPS) is 21.0. The van der Waals surface area contributed by atoms with Crippen LogP contribution in [0.15, 0.2) is 0 Å².